The van der Waals surface area contributed by atoms with Crippen molar-refractivity contribution >= 4 is 132 Å². The largest absolute Gasteiger partial charge is 0.469 e. The minimum absolute atomic E-state index is 0.00734. The van der Waals surface area contributed by atoms with Crippen molar-refractivity contribution in [2.24, 2.45) is 34.5 Å². The molecule has 124 heavy (non-hydrogen) atoms. The summed E-state index contributed by atoms with van der Waals surface area (Å²) in [5, 5.41) is 42.4. The van der Waals surface area contributed by atoms with Crippen molar-refractivity contribution in [3.63, 3.8) is 0 Å². The third-order valence-electron chi connectivity index (χ3n) is 14.1. The second-order valence-electron chi connectivity index (χ2n) is 30.0. The van der Waals surface area contributed by atoms with Gasteiger partial charge in [0, 0.05) is 6.54 Å². The summed E-state index contributed by atoms with van der Waals surface area (Å²) in [5.74, 6) is -0.942. The van der Waals surface area contributed by atoms with Gasteiger partial charge in [0.25, 0.3) is 38.9 Å². The number of esters is 6. The van der Waals surface area contributed by atoms with E-state index >= 15 is 0 Å². The van der Waals surface area contributed by atoms with E-state index in [0.29, 0.717) is 57.0 Å². The Balaban J connectivity index is 0.000000374. The molecule has 1 amide bonds. The third kappa shape index (κ3) is 48.9. The first kappa shape index (κ1) is 107. The van der Waals surface area contributed by atoms with Gasteiger partial charge in [0.1, 0.15) is 6.10 Å². The standard InChI is InChI=1S/C11H17N3O4S.C10H13N3O4S.C10H15N3O4S.C9H14N4O3S.C9H15N3O4SSi.C9H11N3O4S.C9H13N3O4S/c1-6(11(2,3)4)18-7(15)5-19-9-8(16)12-10(17)14-13-9;14-7(17-4-6-2-1-3-6)5-18-9-8(15)11-10(16)13-12-9;1-10(2,3)5-17-6(14)4-18-8-7(15)11-9(16)13-12-8;1-5(2)3-10-6(14)4-17-8-7(15)11-9(16)13-12-8;1-18(2,3)5-16-6(13)4-17-8-7(14)10-9(15)12-11-8;13-6(16-3-5-1-2-5)4-17-8-7(14)10-9(15)12-11-8;1-5(2)3-16-6(13)4-17-8-7(14)10-9(15)12-11-8/h6H,5H2,1-4H3,(H2,12,14,16,17);6H,1-5H2,(H2,11,13,15,16);4-5H2,1-3H3,(H2,11,13,15,16);5H,3-4H2,1-2H3,(H,10,14)(H2,11,13,15,16);4-5H2,1-3H3,(H2,10,12,14,15);5H,1-4H2,(H2,10,12,14,15);5H,3-4H2,1-2H3,(H2,10,12,14,15). The Kier molecular flexibility index (Phi) is 47.4. The van der Waals surface area contributed by atoms with Gasteiger partial charge >= 0.3 is 75.6 Å². The molecule has 0 radical (unpaired) electrons. The second kappa shape index (κ2) is 54.8. The van der Waals surface area contributed by atoms with Gasteiger partial charge in [0.15, 0.2) is 35.2 Å². The van der Waals surface area contributed by atoms with Crippen LogP contribution in [0.4, 0.5) is 0 Å². The Morgan fingerprint density at radius 1 is 0.371 bits per heavy atom. The Labute approximate surface area is 730 Å². The molecule has 0 aliphatic heterocycles. The summed E-state index contributed by atoms with van der Waals surface area (Å²) in [6.45, 7) is 29.8. The van der Waals surface area contributed by atoms with Gasteiger partial charge in [0.05, 0.1) is 81.0 Å². The monoisotopic (exact) mass is 1890 g/mol. The number of H-pyrrole nitrogens is 14. The molecular formula is C67H98N22O27S7Si. The Morgan fingerprint density at radius 2 is 0.637 bits per heavy atom. The molecule has 1 atom stereocenters. The van der Waals surface area contributed by atoms with Gasteiger partial charge in [0.2, 0.25) is 5.91 Å². The normalized spacial score (nSPS) is 12.4. The van der Waals surface area contributed by atoms with Crippen molar-refractivity contribution in [2.75, 3.05) is 79.5 Å². The average Bonchev–Trinajstić information content (AvgIpc) is 1.66. The van der Waals surface area contributed by atoms with E-state index in [1.807, 2.05) is 111 Å². The van der Waals surface area contributed by atoms with Crippen LogP contribution in [-0.4, -0.2) is 242 Å². The van der Waals surface area contributed by atoms with Gasteiger partial charge in [-0.25, -0.2) is 69.3 Å². The van der Waals surface area contributed by atoms with Crippen molar-refractivity contribution in [2.45, 2.75) is 169 Å². The molecular weight excluding hydrogens is 1800 g/mol. The fourth-order valence-electron chi connectivity index (χ4n) is 7.14. The highest BCUT2D eigenvalue weighted by Gasteiger charge is 2.26. The highest BCUT2D eigenvalue weighted by Crippen LogP contribution is 2.29. The molecule has 1 unspecified atom stereocenters. The van der Waals surface area contributed by atoms with Crippen LogP contribution in [0.25, 0.3) is 0 Å². The van der Waals surface area contributed by atoms with Crippen molar-refractivity contribution in [1.29, 1.82) is 0 Å². The summed E-state index contributed by atoms with van der Waals surface area (Å²) < 4.78 is 30.3. The molecule has 0 aromatic carbocycles. The number of nitrogens with one attached hydrogen (secondary N) is 15. The molecule has 0 spiro atoms. The maximum Gasteiger partial charge on any atom is 0.342 e. The number of aromatic amines is 14. The topological polar surface area (TPSA) is 737 Å². The van der Waals surface area contributed by atoms with E-state index < -0.39 is 111 Å². The second-order valence-corrected chi connectivity index (χ2v) is 42.2. The van der Waals surface area contributed by atoms with Crippen molar-refractivity contribution < 1.29 is 62.0 Å². The van der Waals surface area contributed by atoms with Crippen LogP contribution in [0, 0.1) is 34.5 Å². The number of hydrogen-bond acceptors (Lipinski definition) is 41. The first-order valence-electron chi connectivity index (χ1n) is 37.0. The maximum atomic E-state index is 11.6. The van der Waals surface area contributed by atoms with Crippen LogP contribution in [-0.2, 0) is 62.0 Å². The summed E-state index contributed by atoms with van der Waals surface area (Å²) >= 11 is 6.53. The van der Waals surface area contributed by atoms with Gasteiger partial charge in [-0.15, -0.1) is 0 Å². The third-order valence-corrected chi connectivity index (χ3v) is 21.6. The van der Waals surface area contributed by atoms with E-state index in [0.717, 1.165) is 108 Å². The molecule has 49 nitrogen and oxygen atoms in total. The molecule has 9 rings (SSSR count). The zero-order chi connectivity index (χ0) is 93.0. The maximum absolute atomic E-state index is 11.6. The molecule has 0 bridgehead atoms. The Morgan fingerprint density at radius 3 is 0.879 bits per heavy atom. The fraction of sp³-hybridized carbons (Fsp3) is 0.582. The van der Waals surface area contributed by atoms with Gasteiger partial charge in [-0.2, -0.15) is 35.7 Å². The lowest BCUT2D eigenvalue weighted by Gasteiger charge is -2.26. The molecule has 7 aromatic rings. The number of nitrogens with zero attached hydrogens (tertiary/aromatic N) is 7. The van der Waals surface area contributed by atoms with E-state index in [1.54, 1.807) is 0 Å². The summed E-state index contributed by atoms with van der Waals surface area (Å²) in [7, 11) is -1.43. The first-order valence-corrected chi connectivity index (χ1v) is 47.6. The van der Waals surface area contributed by atoms with Crippen LogP contribution in [0.2, 0.25) is 19.6 Å². The number of amides is 1. The van der Waals surface area contributed by atoms with Crippen LogP contribution >= 0.6 is 82.3 Å². The summed E-state index contributed by atoms with van der Waals surface area (Å²) in [5.41, 5.74) is -9.22. The van der Waals surface area contributed by atoms with Crippen LogP contribution in [0.3, 0.4) is 0 Å². The first-order chi connectivity index (χ1) is 58.0. The molecule has 7 heterocycles. The van der Waals surface area contributed by atoms with Crippen molar-refractivity contribution in [1.82, 2.24) is 112 Å². The molecule has 0 saturated heterocycles. The van der Waals surface area contributed by atoms with E-state index in [2.05, 4.69) is 96.3 Å². The predicted octanol–water partition coefficient (Wildman–Crippen LogP) is -0.892. The van der Waals surface area contributed by atoms with E-state index in [-0.39, 0.29) is 116 Å². The number of ether oxygens (including phenoxy) is 6. The summed E-state index contributed by atoms with van der Waals surface area (Å²) in [4.78, 5) is 248. The molecule has 15 N–H and O–H groups in total. The lowest BCUT2D eigenvalue weighted by Crippen LogP contribution is -2.30. The predicted molar refractivity (Wildman–Crippen MR) is 459 cm³/mol. The SMILES string of the molecule is CC(C)(C)COC(=O)CSc1n[nH]c(=O)[nH]c1=O.CC(C)CNC(=O)CSc1n[nH]c(=O)[nH]c1=O.CC(C)COC(=O)CSc1n[nH]c(=O)[nH]c1=O.CC(OC(=O)CSc1n[nH]c(=O)[nH]c1=O)C(C)(C)C.C[Si](C)(C)COC(=O)CSc1n[nH]c(=O)[nH]c1=O.O=C(CSc1n[nH]c(=O)[nH]c1=O)OCC1CC1.O=C(CSc1n[nH]c(=O)[nH]c1=O)OCC1CCC1. The van der Waals surface area contributed by atoms with Crippen LogP contribution < -0.4 is 84.1 Å². The van der Waals surface area contributed by atoms with E-state index in [1.165, 1.54) is 6.42 Å². The number of hydrogen-bond donors (Lipinski definition) is 15. The number of aromatic nitrogens is 21. The number of carbonyl (C=O) groups excluding carboxylic acids is 7. The van der Waals surface area contributed by atoms with Crippen molar-refractivity contribution in [3.8, 4) is 0 Å². The number of thioether (sulfide) groups is 7. The zero-order valence-electron chi connectivity index (χ0n) is 69.6. The zero-order valence-corrected chi connectivity index (χ0v) is 76.3. The average molecular weight is 1900 g/mol. The highest BCUT2D eigenvalue weighted by molar-refractivity contribution is 8.01. The molecule has 7 aromatic heterocycles. The van der Waals surface area contributed by atoms with Crippen LogP contribution in [0.1, 0.15) is 108 Å². The van der Waals surface area contributed by atoms with E-state index in [9.17, 15) is 101 Å². The highest BCUT2D eigenvalue weighted by atomic mass is 32.2. The minimum atomic E-state index is -1.43. The quantitative estimate of drug-likeness (QED) is 0.0103. The van der Waals surface area contributed by atoms with Crippen molar-refractivity contribution in [3.05, 3.63) is 146 Å². The molecule has 2 fully saturated rings. The number of carbonyl (C=O) groups is 7. The smallest absolute Gasteiger partial charge is 0.342 e. The van der Waals surface area contributed by atoms with Crippen LogP contribution in [0.5, 0.6) is 0 Å². The van der Waals surface area contributed by atoms with Gasteiger partial charge in [-0.05, 0) is 67.1 Å². The Bertz CT molecular complexity index is 5250. The minimum Gasteiger partial charge on any atom is -0.469 e. The van der Waals surface area contributed by atoms with Gasteiger partial charge in [-0.1, -0.05) is 178 Å². The summed E-state index contributed by atoms with van der Waals surface area (Å²) in [6.07, 6.45) is 5.87. The lowest BCUT2D eigenvalue weighted by atomic mass is 9.86. The molecule has 2 aliphatic carbocycles. The molecule has 2 saturated carbocycles. The van der Waals surface area contributed by atoms with Crippen LogP contribution in [0.15, 0.2) is 102 Å². The molecule has 2 aliphatic rings. The Hall–Kier alpha value is -10.8. The van der Waals surface area contributed by atoms with Gasteiger partial charge in [-0.3, -0.25) is 102 Å². The number of rotatable bonds is 33. The fourth-order valence-corrected chi connectivity index (χ4v) is 12.2. The lowest BCUT2D eigenvalue weighted by molar-refractivity contribution is -0.150. The summed E-state index contributed by atoms with van der Waals surface area (Å²) in [6, 6.07) is 0. The molecule has 684 valence electrons. The van der Waals surface area contributed by atoms with Gasteiger partial charge < -0.3 is 33.7 Å². The van der Waals surface area contributed by atoms with E-state index in [4.69, 9.17) is 28.4 Å². The molecule has 57 heteroatoms.